The second-order valence-corrected chi connectivity index (χ2v) is 4.00. The molecule has 2 atom stereocenters. The van der Waals surface area contributed by atoms with Crippen molar-refractivity contribution in [1.29, 1.82) is 0 Å². The summed E-state index contributed by atoms with van der Waals surface area (Å²) in [5, 5.41) is 9.77. The van der Waals surface area contributed by atoms with Crippen molar-refractivity contribution in [1.82, 2.24) is 0 Å². The lowest BCUT2D eigenvalue weighted by atomic mass is 9.87. The van der Waals surface area contributed by atoms with Crippen LogP contribution < -0.4 is 0 Å². The number of hydrogen-bond acceptors (Lipinski definition) is 4. The summed E-state index contributed by atoms with van der Waals surface area (Å²) in [7, 11) is 0. The lowest BCUT2D eigenvalue weighted by Crippen LogP contribution is -2.43. The Bertz CT molecular complexity index is 186. The fraction of sp³-hybridized carbons (Fsp3) is 0.889. The third-order valence-electron chi connectivity index (χ3n) is 2.48. The van der Waals surface area contributed by atoms with E-state index in [0.717, 1.165) is 6.42 Å². The highest BCUT2D eigenvalue weighted by molar-refractivity contribution is 5.20. The Morgan fingerprint density at radius 2 is 1.77 bits per heavy atom. The average molecular weight is 188 g/mol. The summed E-state index contributed by atoms with van der Waals surface area (Å²) in [6, 6.07) is 0. The van der Waals surface area contributed by atoms with Crippen molar-refractivity contribution in [3.8, 4) is 0 Å². The van der Waals surface area contributed by atoms with Crippen LogP contribution in [0.4, 0.5) is 0 Å². The van der Waals surface area contributed by atoms with E-state index in [1.54, 1.807) is 0 Å². The fourth-order valence-electron chi connectivity index (χ4n) is 1.48. The number of ether oxygens (including phenoxy) is 1. The van der Waals surface area contributed by atoms with Crippen LogP contribution in [0.3, 0.4) is 0 Å². The third-order valence-corrected chi connectivity index (χ3v) is 2.48. The van der Waals surface area contributed by atoms with Crippen molar-refractivity contribution < 1.29 is 19.4 Å². The van der Waals surface area contributed by atoms with E-state index >= 15 is 0 Å². The Labute approximate surface area is 77.9 Å². The van der Waals surface area contributed by atoms with Crippen LogP contribution >= 0.6 is 0 Å². The minimum absolute atomic E-state index is 0.185. The number of hydrogen-bond donors (Lipinski definition) is 1. The summed E-state index contributed by atoms with van der Waals surface area (Å²) < 4.78 is 5.51. The molecule has 0 aliphatic carbocycles. The molecule has 1 saturated heterocycles. The topological polar surface area (TPSA) is 63.6 Å². The van der Waals surface area contributed by atoms with Gasteiger partial charge in [0, 0.05) is 6.42 Å². The van der Waals surface area contributed by atoms with E-state index in [-0.39, 0.29) is 17.9 Å². The minimum atomic E-state index is -0.660. The molecular weight excluding hydrogens is 172 g/mol. The highest BCUT2D eigenvalue weighted by Gasteiger charge is 2.48. The van der Waals surface area contributed by atoms with Gasteiger partial charge in [-0.05, 0) is 27.7 Å². The quantitative estimate of drug-likeness (QED) is 0.609. The number of carbonyl (C=O) groups excluding carboxylic acids is 2. The molecule has 2 unspecified atom stereocenters. The van der Waals surface area contributed by atoms with Crippen molar-refractivity contribution in [2.24, 2.45) is 0 Å². The Morgan fingerprint density at radius 3 is 1.85 bits per heavy atom. The second-order valence-electron chi connectivity index (χ2n) is 4.00. The van der Waals surface area contributed by atoms with E-state index in [1.807, 2.05) is 27.7 Å². The molecule has 4 nitrogen and oxygen atoms in total. The number of rotatable bonds is 0. The van der Waals surface area contributed by atoms with Crippen LogP contribution in [0, 0.1) is 0 Å². The summed E-state index contributed by atoms with van der Waals surface area (Å²) >= 11 is 0. The zero-order chi connectivity index (χ0) is 10.7. The fourth-order valence-corrected chi connectivity index (χ4v) is 1.48. The molecular formula is C9H16O4. The van der Waals surface area contributed by atoms with Crippen molar-refractivity contribution in [3.63, 3.8) is 0 Å². The first-order chi connectivity index (χ1) is 5.77. The highest BCUT2D eigenvalue weighted by atomic mass is 16.5. The molecule has 13 heavy (non-hydrogen) atoms. The molecule has 0 aromatic heterocycles. The highest BCUT2D eigenvalue weighted by Crippen LogP contribution is 2.38. The molecule has 0 aromatic rings. The molecule has 1 heterocycles. The maximum atomic E-state index is 9.77. The molecule has 1 aliphatic heterocycles. The molecule has 0 saturated carbocycles. The van der Waals surface area contributed by atoms with Gasteiger partial charge in [0.1, 0.15) is 0 Å². The van der Waals surface area contributed by atoms with Gasteiger partial charge in [-0.2, -0.15) is 9.59 Å². The molecule has 0 spiro atoms. The Hall–Kier alpha value is -0.700. The minimum Gasteiger partial charge on any atom is -0.387 e. The predicted octanol–water partition coefficient (Wildman–Crippen LogP) is 0.741. The average Bonchev–Trinajstić information content (AvgIpc) is 2.00. The molecule has 1 rings (SSSR count). The summed E-state index contributed by atoms with van der Waals surface area (Å²) in [5.41, 5.74) is -1.04. The molecule has 0 radical (unpaired) electrons. The van der Waals surface area contributed by atoms with Gasteiger partial charge in [-0.1, -0.05) is 0 Å². The molecule has 0 amide bonds. The van der Waals surface area contributed by atoms with Crippen molar-refractivity contribution in [3.05, 3.63) is 0 Å². The van der Waals surface area contributed by atoms with Crippen LogP contribution in [-0.2, 0) is 14.3 Å². The van der Waals surface area contributed by atoms with Crippen LogP contribution in [0.1, 0.15) is 34.1 Å². The van der Waals surface area contributed by atoms with Crippen molar-refractivity contribution >= 4 is 6.15 Å². The Kier molecular flexibility index (Phi) is 3.79. The Morgan fingerprint density at radius 1 is 1.38 bits per heavy atom. The van der Waals surface area contributed by atoms with E-state index in [9.17, 15) is 5.11 Å². The van der Waals surface area contributed by atoms with Gasteiger partial charge < -0.3 is 9.84 Å². The maximum absolute atomic E-state index is 9.77. The van der Waals surface area contributed by atoms with Gasteiger partial charge in [0.15, 0.2) is 0 Å². The van der Waals surface area contributed by atoms with Crippen LogP contribution in [0.15, 0.2) is 0 Å². The Balaban J connectivity index is 0.000000424. The molecule has 0 aromatic carbocycles. The summed E-state index contributed by atoms with van der Waals surface area (Å²) in [4.78, 5) is 16.2. The summed E-state index contributed by atoms with van der Waals surface area (Å²) in [5.74, 6) is 0. The molecule has 76 valence electrons. The van der Waals surface area contributed by atoms with Gasteiger partial charge in [-0.15, -0.1) is 0 Å². The van der Waals surface area contributed by atoms with Crippen LogP contribution in [-0.4, -0.2) is 28.6 Å². The molecule has 1 N–H and O–H groups in total. The normalized spacial score (nSPS) is 35.9. The predicted molar refractivity (Wildman–Crippen MR) is 44.9 cm³/mol. The zero-order valence-electron chi connectivity index (χ0n) is 8.46. The molecule has 1 aliphatic rings. The second kappa shape index (κ2) is 4.01. The molecule has 1 fully saturated rings. The summed E-state index contributed by atoms with van der Waals surface area (Å²) in [6.07, 6.45) is 1.17. The van der Waals surface area contributed by atoms with Crippen LogP contribution in [0.5, 0.6) is 0 Å². The smallest absolute Gasteiger partial charge is 0.373 e. The van der Waals surface area contributed by atoms with Crippen LogP contribution in [0.25, 0.3) is 0 Å². The van der Waals surface area contributed by atoms with Gasteiger partial charge in [-0.3, -0.25) is 0 Å². The van der Waals surface area contributed by atoms with Crippen LogP contribution in [0.2, 0.25) is 0 Å². The summed E-state index contributed by atoms with van der Waals surface area (Å²) in [6.45, 7) is 7.67. The van der Waals surface area contributed by atoms with E-state index in [4.69, 9.17) is 14.3 Å². The number of aliphatic hydroxyl groups is 1. The van der Waals surface area contributed by atoms with Gasteiger partial charge in [0.2, 0.25) is 0 Å². The standard InChI is InChI=1S/C8H16O2.CO2/c1-6-5-8(4,9)7(2,3)10-6;2-1-3/h6,9H,5H2,1-4H3;. The molecule has 4 heteroatoms. The largest absolute Gasteiger partial charge is 0.387 e. The van der Waals surface area contributed by atoms with Gasteiger partial charge in [0.25, 0.3) is 0 Å². The first-order valence-electron chi connectivity index (χ1n) is 4.16. The lowest BCUT2D eigenvalue weighted by molar-refractivity contribution is -0.191. The van der Waals surface area contributed by atoms with Gasteiger partial charge in [-0.25, -0.2) is 0 Å². The van der Waals surface area contributed by atoms with Crippen molar-refractivity contribution in [2.45, 2.75) is 51.4 Å². The van der Waals surface area contributed by atoms with E-state index < -0.39 is 5.60 Å². The van der Waals surface area contributed by atoms with E-state index in [0.29, 0.717) is 0 Å². The maximum Gasteiger partial charge on any atom is 0.373 e. The van der Waals surface area contributed by atoms with Crippen molar-refractivity contribution in [2.75, 3.05) is 0 Å². The van der Waals surface area contributed by atoms with Gasteiger partial charge >= 0.3 is 6.15 Å². The van der Waals surface area contributed by atoms with E-state index in [1.165, 1.54) is 0 Å². The first-order valence-corrected chi connectivity index (χ1v) is 4.16. The van der Waals surface area contributed by atoms with Gasteiger partial charge in [0.05, 0.1) is 17.3 Å². The van der Waals surface area contributed by atoms with E-state index in [2.05, 4.69) is 0 Å². The lowest BCUT2D eigenvalue weighted by Gasteiger charge is -2.31. The monoisotopic (exact) mass is 188 g/mol. The third kappa shape index (κ3) is 2.92. The first kappa shape index (κ1) is 12.3. The zero-order valence-corrected chi connectivity index (χ0v) is 8.46. The molecule has 0 bridgehead atoms. The SMILES string of the molecule is CC1CC(C)(O)C(C)(C)O1.O=C=O.